The SMILES string of the molecule is Cc1nc2c3c(c(C(=O)N(C)C)cc2[nH]1)CCC1(COc2cccc(C)c21)O3. The zero-order chi connectivity index (χ0) is 19.6. The van der Waals surface area contributed by atoms with Gasteiger partial charge in [-0.05, 0) is 44.4 Å². The van der Waals surface area contributed by atoms with Gasteiger partial charge >= 0.3 is 0 Å². The first kappa shape index (κ1) is 17.1. The van der Waals surface area contributed by atoms with Crippen LogP contribution < -0.4 is 9.47 Å². The molecule has 0 saturated heterocycles. The average Bonchev–Trinajstić information content (AvgIpc) is 3.21. The molecule has 3 heterocycles. The van der Waals surface area contributed by atoms with Crippen LogP contribution in [0.5, 0.6) is 11.5 Å². The number of rotatable bonds is 1. The second kappa shape index (κ2) is 5.74. The molecule has 1 aromatic heterocycles. The molecule has 1 amide bonds. The lowest BCUT2D eigenvalue weighted by atomic mass is 9.83. The average molecular weight is 377 g/mol. The Labute approximate surface area is 163 Å². The van der Waals surface area contributed by atoms with Crippen molar-refractivity contribution < 1.29 is 14.3 Å². The molecule has 2 aromatic carbocycles. The lowest BCUT2D eigenvalue weighted by Crippen LogP contribution is -2.39. The largest absolute Gasteiger partial charge is 0.489 e. The Hall–Kier alpha value is -3.02. The fourth-order valence-corrected chi connectivity index (χ4v) is 4.54. The third-order valence-corrected chi connectivity index (χ3v) is 5.82. The molecule has 144 valence electrons. The fourth-order valence-electron chi connectivity index (χ4n) is 4.54. The second-order valence-electron chi connectivity index (χ2n) is 7.98. The lowest BCUT2D eigenvalue weighted by Gasteiger charge is -2.36. The van der Waals surface area contributed by atoms with E-state index in [4.69, 9.17) is 9.47 Å². The summed E-state index contributed by atoms with van der Waals surface area (Å²) in [4.78, 5) is 22.4. The number of fused-ring (bicyclic) bond motifs is 5. The van der Waals surface area contributed by atoms with E-state index in [0.29, 0.717) is 17.9 Å². The van der Waals surface area contributed by atoms with Crippen LogP contribution in [0.25, 0.3) is 11.0 Å². The van der Waals surface area contributed by atoms with Crippen molar-refractivity contribution in [3.8, 4) is 11.5 Å². The smallest absolute Gasteiger partial charge is 0.253 e. The van der Waals surface area contributed by atoms with E-state index in [1.807, 2.05) is 25.1 Å². The summed E-state index contributed by atoms with van der Waals surface area (Å²) in [6.45, 7) is 4.48. The van der Waals surface area contributed by atoms with Gasteiger partial charge in [0.2, 0.25) is 0 Å². The molecule has 0 bridgehead atoms. The predicted octanol–water partition coefficient (Wildman–Crippen LogP) is 3.49. The molecule has 1 spiro atoms. The van der Waals surface area contributed by atoms with Gasteiger partial charge in [-0.15, -0.1) is 0 Å². The molecule has 0 saturated carbocycles. The Morgan fingerprint density at radius 2 is 2.11 bits per heavy atom. The summed E-state index contributed by atoms with van der Waals surface area (Å²) >= 11 is 0. The van der Waals surface area contributed by atoms with Gasteiger partial charge < -0.3 is 19.4 Å². The Kier molecular flexibility index (Phi) is 3.50. The maximum atomic E-state index is 12.8. The van der Waals surface area contributed by atoms with Gasteiger partial charge in [0.25, 0.3) is 5.91 Å². The topological polar surface area (TPSA) is 67.5 Å². The highest BCUT2D eigenvalue weighted by Crippen LogP contribution is 2.50. The fraction of sp³-hybridized carbons (Fsp3) is 0.364. The van der Waals surface area contributed by atoms with Crippen LogP contribution in [0, 0.1) is 13.8 Å². The monoisotopic (exact) mass is 377 g/mol. The molecule has 0 aliphatic carbocycles. The summed E-state index contributed by atoms with van der Waals surface area (Å²) in [5, 5.41) is 0. The maximum absolute atomic E-state index is 12.8. The van der Waals surface area contributed by atoms with Crippen LogP contribution in [-0.2, 0) is 12.0 Å². The van der Waals surface area contributed by atoms with Crippen LogP contribution in [0.1, 0.15) is 39.3 Å². The Balaban J connectivity index is 1.73. The van der Waals surface area contributed by atoms with Crippen LogP contribution in [0.15, 0.2) is 24.3 Å². The number of aromatic nitrogens is 2. The van der Waals surface area contributed by atoms with Gasteiger partial charge in [-0.3, -0.25) is 4.79 Å². The number of carbonyl (C=O) groups excluding carboxylic acids is 1. The van der Waals surface area contributed by atoms with Crippen LogP contribution in [0.2, 0.25) is 0 Å². The first-order valence-corrected chi connectivity index (χ1v) is 9.55. The number of aromatic amines is 1. The number of nitrogens with zero attached hydrogens (tertiary/aromatic N) is 2. The number of aryl methyl sites for hydroxylation is 2. The van der Waals surface area contributed by atoms with Gasteiger partial charge in [0.1, 0.15) is 23.7 Å². The van der Waals surface area contributed by atoms with Gasteiger partial charge in [-0.2, -0.15) is 0 Å². The van der Waals surface area contributed by atoms with E-state index in [9.17, 15) is 4.79 Å². The predicted molar refractivity (Wildman–Crippen MR) is 106 cm³/mol. The first-order valence-electron chi connectivity index (χ1n) is 9.55. The van der Waals surface area contributed by atoms with Crippen LogP contribution >= 0.6 is 0 Å². The molecule has 2 aliphatic rings. The zero-order valence-corrected chi connectivity index (χ0v) is 16.5. The van der Waals surface area contributed by atoms with Crippen molar-refractivity contribution >= 4 is 16.9 Å². The number of nitrogens with one attached hydrogen (secondary N) is 1. The molecule has 3 aromatic rings. The Bertz CT molecular complexity index is 1130. The Morgan fingerprint density at radius 3 is 2.89 bits per heavy atom. The minimum Gasteiger partial charge on any atom is -0.489 e. The number of hydrogen-bond acceptors (Lipinski definition) is 4. The number of H-pyrrole nitrogens is 1. The summed E-state index contributed by atoms with van der Waals surface area (Å²) in [5.74, 6) is 2.37. The third-order valence-electron chi connectivity index (χ3n) is 5.82. The molecule has 6 nitrogen and oxygen atoms in total. The quantitative estimate of drug-likeness (QED) is 0.705. The number of amides is 1. The van der Waals surface area contributed by atoms with Crippen molar-refractivity contribution in [1.29, 1.82) is 0 Å². The van der Waals surface area contributed by atoms with E-state index in [2.05, 4.69) is 23.0 Å². The molecule has 1 N–H and O–H groups in total. The molecular formula is C22H23N3O3. The third kappa shape index (κ3) is 2.27. The highest BCUT2D eigenvalue weighted by atomic mass is 16.6. The van der Waals surface area contributed by atoms with Gasteiger partial charge in [0, 0.05) is 30.8 Å². The van der Waals surface area contributed by atoms with Crippen LogP contribution in [-0.4, -0.2) is 41.5 Å². The van der Waals surface area contributed by atoms with Crippen molar-refractivity contribution in [3.05, 3.63) is 52.3 Å². The van der Waals surface area contributed by atoms with Gasteiger partial charge in [-0.1, -0.05) is 12.1 Å². The molecule has 28 heavy (non-hydrogen) atoms. The normalized spacial score (nSPS) is 19.9. The molecule has 6 heteroatoms. The number of hydrogen-bond donors (Lipinski definition) is 1. The first-order chi connectivity index (χ1) is 13.4. The van der Waals surface area contributed by atoms with Crippen LogP contribution in [0.4, 0.5) is 0 Å². The van der Waals surface area contributed by atoms with Crippen molar-refractivity contribution in [1.82, 2.24) is 14.9 Å². The van der Waals surface area contributed by atoms with Crippen molar-refractivity contribution in [2.24, 2.45) is 0 Å². The van der Waals surface area contributed by atoms with E-state index in [0.717, 1.165) is 52.1 Å². The maximum Gasteiger partial charge on any atom is 0.253 e. The highest BCUT2D eigenvalue weighted by molar-refractivity contribution is 6.01. The van der Waals surface area contributed by atoms with Crippen LogP contribution in [0.3, 0.4) is 0 Å². The van der Waals surface area contributed by atoms with Gasteiger partial charge in [-0.25, -0.2) is 4.98 Å². The van der Waals surface area contributed by atoms with E-state index < -0.39 is 5.60 Å². The minimum atomic E-state index is -0.534. The van der Waals surface area contributed by atoms with Gasteiger partial charge in [0.15, 0.2) is 11.4 Å². The molecular weight excluding hydrogens is 354 g/mol. The standard InChI is InChI=1S/C22H23N3O3/c1-12-6-5-7-17-18(12)22(11-27-17)9-8-14-15(21(26)25(3)4)10-16-19(20(14)28-22)24-13(2)23-16/h5-7,10H,8-9,11H2,1-4H3,(H,23,24). The van der Waals surface area contributed by atoms with E-state index in [1.165, 1.54) is 0 Å². The zero-order valence-electron chi connectivity index (χ0n) is 16.5. The second-order valence-corrected chi connectivity index (χ2v) is 7.98. The van der Waals surface area contributed by atoms with E-state index in [1.54, 1.807) is 19.0 Å². The van der Waals surface area contributed by atoms with E-state index in [-0.39, 0.29) is 5.91 Å². The molecule has 5 rings (SSSR count). The molecule has 2 aliphatic heterocycles. The Morgan fingerprint density at radius 1 is 1.29 bits per heavy atom. The summed E-state index contributed by atoms with van der Waals surface area (Å²) in [6, 6.07) is 8.00. The molecule has 1 unspecified atom stereocenters. The van der Waals surface area contributed by atoms with Crippen molar-refractivity contribution in [2.75, 3.05) is 20.7 Å². The molecule has 1 atom stereocenters. The number of carbonyl (C=O) groups is 1. The van der Waals surface area contributed by atoms with E-state index >= 15 is 0 Å². The summed E-state index contributed by atoms with van der Waals surface area (Å²) in [7, 11) is 3.54. The summed E-state index contributed by atoms with van der Waals surface area (Å²) < 4.78 is 12.7. The van der Waals surface area contributed by atoms with Crippen molar-refractivity contribution in [3.63, 3.8) is 0 Å². The number of benzene rings is 2. The molecule has 0 radical (unpaired) electrons. The number of imidazole rings is 1. The lowest BCUT2D eigenvalue weighted by molar-refractivity contribution is 0.0234. The molecule has 0 fully saturated rings. The van der Waals surface area contributed by atoms with Crippen molar-refractivity contribution in [2.45, 2.75) is 32.3 Å². The summed E-state index contributed by atoms with van der Waals surface area (Å²) in [6.07, 6.45) is 1.50. The van der Waals surface area contributed by atoms with Gasteiger partial charge in [0.05, 0.1) is 5.52 Å². The summed E-state index contributed by atoms with van der Waals surface area (Å²) in [5.41, 5.74) is 4.96. The number of ether oxygens (including phenoxy) is 2. The minimum absolute atomic E-state index is 0.0239. The highest BCUT2D eigenvalue weighted by Gasteiger charge is 2.47.